The summed E-state index contributed by atoms with van der Waals surface area (Å²) >= 11 is 0. The van der Waals surface area contributed by atoms with Gasteiger partial charge in [-0.15, -0.1) is 0 Å². The lowest BCUT2D eigenvalue weighted by molar-refractivity contribution is -0.166. The first kappa shape index (κ1) is 74.3. The number of ether oxygens (including phenoxy) is 3. The summed E-state index contributed by atoms with van der Waals surface area (Å²) < 4.78 is 16.8. The number of unbranched alkanes of at least 4 members (excludes halogenated alkanes) is 23. The van der Waals surface area contributed by atoms with E-state index in [-0.39, 0.29) is 38.0 Å². The molecular formula is C73H118O6. The molecule has 0 aliphatic carbocycles. The molecule has 0 fully saturated rings. The van der Waals surface area contributed by atoms with E-state index in [0.717, 1.165) is 122 Å². The quantitative estimate of drug-likeness (QED) is 0.0261. The lowest BCUT2D eigenvalue weighted by atomic mass is 10.0. The normalized spacial score (nSPS) is 13.1. The van der Waals surface area contributed by atoms with Gasteiger partial charge in [0.2, 0.25) is 0 Å². The minimum atomic E-state index is -0.834. The van der Waals surface area contributed by atoms with Gasteiger partial charge in [-0.05, 0) is 122 Å². The fourth-order valence-electron chi connectivity index (χ4n) is 8.57. The van der Waals surface area contributed by atoms with Crippen molar-refractivity contribution in [3.05, 3.63) is 146 Å². The van der Waals surface area contributed by atoms with Crippen LogP contribution in [-0.2, 0) is 28.6 Å². The van der Waals surface area contributed by atoms with Crippen LogP contribution >= 0.6 is 0 Å². The number of hydrogen-bond donors (Lipinski definition) is 0. The Morgan fingerprint density at radius 1 is 0.278 bits per heavy atom. The van der Waals surface area contributed by atoms with E-state index >= 15 is 0 Å². The molecule has 0 saturated heterocycles. The molecule has 0 bridgehead atoms. The van der Waals surface area contributed by atoms with Crippen LogP contribution in [0.25, 0.3) is 0 Å². The van der Waals surface area contributed by atoms with E-state index in [1.807, 2.05) is 6.08 Å². The van der Waals surface area contributed by atoms with Gasteiger partial charge in [-0.3, -0.25) is 14.4 Å². The molecule has 0 rings (SSSR count). The van der Waals surface area contributed by atoms with Crippen LogP contribution in [0, 0.1) is 0 Å². The van der Waals surface area contributed by atoms with Crippen molar-refractivity contribution in [2.75, 3.05) is 13.2 Å². The summed E-state index contributed by atoms with van der Waals surface area (Å²) in [5.74, 6) is -1.07. The van der Waals surface area contributed by atoms with E-state index in [1.54, 1.807) is 6.08 Å². The van der Waals surface area contributed by atoms with Crippen LogP contribution in [0.3, 0.4) is 0 Å². The van der Waals surface area contributed by atoms with Crippen molar-refractivity contribution in [2.45, 2.75) is 284 Å². The molecule has 0 spiro atoms. The number of carbonyl (C=O) groups excluding carboxylic acids is 3. The molecule has 0 radical (unpaired) electrons. The molecule has 6 heteroatoms. The maximum absolute atomic E-state index is 12.9. The van der Waals surface area contributed by atoms with Gasteiger partial charge in [-0.1, -0.05) is 282 Å². The van der Waals surface area contributed by atoms with Crippen molar-refractivity contribution in [2.24, 2.45) is 0 Å². The zero-order valence-electron chi connectivity index (χ0n) is 51.1. The molecule has 446 valence electrons. The second-order valence-electron chi connectivity index (χ2n) is 20.9. The third-order valence-electron chi connectivity index (χ3n) is 13.3. The Morgan fingerprint density at radius 2 is 0.544 bits per heavy atom. The van der Waals surface area contributed by atoms with E-state index in [2.05, 4.69) is 154 Å². The Morgan fingerprint density at radius 3 is 0.886 bits per heavy atom. The average Bonchev–Trinajstić information content (AvgIpc) is 3.45. The first-order valence-electron chi connectivity index (χ1n) is 32.3. The Hall–Kier alpha value is -4.71. The van der Waals surface area contributed by atoms with Crippen molar-refractivity contribution >= 4 is 17.9 Å². The molecule has 0 aromatic heterocycles. The maximum Gasteiger partial charge on any atom is 0.309 e. The highest BCUT2D eigenvalue weighted by Gasteiger charge is 2.19. The molecule has 79 heavy (non-hydrogen) atoms. The van der Waals surface area contributed by atoms with E-state index in [9.17, 15) is 14.4 Å². The zero-order valence-corrected chi connectivity index (χ0v) is 51.1. The Bertz CT molecular complexity index is 1730. The molecule has 0 aliphatic heterocycles. The molecule has 6 nitrogen and oxygen atoms in total. The van der Waals surface area contributed by atoms with Gasteiger partial charge in [0.05, 0.1) is 6.42 Å². The minimum Gasteiger partial charge on any atom is -0.462 e. The molecule has 0 saturated carbocycles. The molecule has 0 amide bonds. The van der Waals surface area contributed by atoms with Crippen LogP contribution < -0.4 is 0 Å². The van der Waals surface area contributed by atoms with Gasteiger partial charge in [0.25, 0.3) is 0 Å². The SMILES string of the molecule is CC/C=C\C/C=C\C/C=C\C/C=C\C/C=C\CC(=O)OCC(COC(=O)CCCCCCCCCCCCCC/C=C\C/C=C\C/C=C\CCCCCCC)OC(=O)CCCCCCCC/C=C\C/C=C\C/C=C\C/C=C\CC. The molecule has 0 heterocycles. The fraction of sp³-hybridized carbons (Fsp3) is 0.630. The topological polar surface area (TPSA) is 78.9 Å². The summed E-state index contributed by atoms with van der Waals surface area (Å²) in [4.78, 5) is 38.3. The van der Waals surface area contributed by atoms with Crippen LogP contribution in [0.4, 0.5) is 0 Å². The smallest absolute Gasteiger partial charge is 0.309 e. The number of allylic oxidation sites excluding steroid dienone is 23. The van der Waals surface area contributed by atoms with Crippen LogP contribution in [0.15, 0.2) is 146 Å². The van der Waals surface area contributed by atoms with Gasteiger partial charge in [0.1, 0.15) is 13.2 Å². The van der Waals surface area contributed by atoms with Crippen molar-refractivity contribution in [3.63, 3.8) is 0 Å². The number of hydrogen-bond acceptors (Lipinski definition) is 6. The molecule has 0 aromatic carbocycles. The van der Waals surface area contributed by atoms with Gasteiger partial charge in [0.15, 0.2) is 6.10 Å². The fourth-order valence-corrected chi connectivity index (χ4v) is 8.57. The van der Waals surface area contributed by atoms with Gasteiger partial charge in [-0.25, -0.2) is 0 Å². The second kappa shape index (κ2) is 65.8. The summed E-state index contributed by atoms with van der Waals surface area (Å²) in [6.45, 7) is 6.31. The van der Waals surface area contributed by atoms with Crippen molar-refractivity contribution < 1.29 is 28.6 Å². The van der Waals surface area contributed by atoms with Crippen molar-refractivity contribution in [1.29, 1.82) is 0 Å². The Labute approximate surface area is 487 Å². The van der Waals surface area contributed by atoms with E-state index in [4.69, 9.17) is 14.2 Å². The van der Waals surface area contributed by atoms with Crippen LogP contribution in [0.5, 0.6) is 0 Å². The third-order valence-corrected chi connectivity index (χ3v) is 13.3. The van der Waals surface area contributed by atoms with E-state index in [0.29, 0.717) is 6.42 Å². The minimum absolute atomic E-state index is 0.118. The number of rotatable bonds is 57. The highest BCUT2D eigenvalue weighted by molar-refractivity contribution is 5.72. The van der Waals surface area contributed by atoms with E-state index in [1.165, 1.54) is 116 Å². The molecular weight excluding hydrogens is 973 g/mol. The summed E-state index contributed by atoms with van der Waals surface area (Å²) in [7, 11) is 0. The van der Waals surface area contributed by atoms with Gasteiger partial charge in [0, 0.05) is 12.8 Å². The summed E-state index contributed by atoms with van der Waals surface area (Å²) in [6.07, 6.45) is 94.5. The predicted octanol–water partition coefficient (Wildman–Crippen LogP) is 22.3. The van der Waals surface area contributed by atoms with Crippen molar-refractivity contribution in [3.8, 4) is 0 Å². The number of esters is 3. The van der Waals surface area contributed by atoms with Gasteiger partial charge < -0.3 is 14.2 Å². The Balaban J connectivity index is 4.43. The first-order valence-corrected chi connectivity index (χ1v) is 32.3. The van der Waals surface area contributed by atoms with Crippen LogP contribution in [-0.4, -0.2) is 37.2 Å². The maximum atomic E-state index is 12.9. The summed E-state index contributed by atoms with van der Waals surface area (Å²) in [6, 6.07) is 0. The van der Waals surface area contributed by atoms with Gasteiger partial charge in [-0.2, -0.15) is 0 Å². The number of carbonyl (C=O) groups is 3. The standard InChI is InChI=1S/C73H118O6/c1-4-7-10-13-16-19-22-25-28-30-32-33-34-35-36-37-38-39-41-42-45-48-51-54-57-60-63-66-72(75)78-69-70(68-77-71(74)65-62-59-56-53-50-47-44-27-24-21-18-15-12-9-6-3)79-73(76)67-64-61-58-55-52-49-46-43-40-31-29-26-23-20-17-14-11-8-5-2/h8-9,11-12,17-18,20-22,25-27,29-30,32,34-35,40,43-44,50,53,59,62,70H,4-7,10,13-16,19,23-24,28,31,33,36-39,41-42,45-49,51-52,54-58,60-61,63-69H2,1-3H3/b11-8-,12-9-,20-17-,21-18-,25-22-,29-26-,32-30-,35-34-,43-40-,44-27-,53-50-,62-59-. The highest BCUT2D eigenvalue weighted by atomic mass is 16.6. The predicted molar refractivity (Wildman–Crippen MR) is 343 cm³/mol. The van der Waals surface area contributed by atoms with E-state index < -0.39 is 12.1 Å². The lowest BCUT2D eigenvalue weighted by Gasteiger charge is -2.18. The largest absolute Gasteiger partial charge is 0.462 e. The van der Waals surface area contributed by atoms with Crippen LogP contribution in [0.2, 0.25) is 0 Å². The second-order valence-corrected chi connectivity index (χ2v) is 20.9. The lowest BCUT2D eigenvalue weighted by Crippen LogP contribution is -2.30. The molecule has 0 aliphatic rings. The zero-order chi connectivity index (χ0) is 57.1. The third kappa shape index (κ3) is 64.0. The summed E-state index contributed by atoms with van der Waals surface area (Å²) in [5, 5.41) is 0. The molecule has 0 aromatic rings. The van der Waals surface area contributed by atoms with Gasteiger partial charge >= 0.3 is 17.9 Å². The molecule has 1 atom stereocenters. The molecule has 0 N–H and O–H groups in total. The first-order chi connectivity index (χ1) is 39.0. The van der Waals surface area contributed by atoms with Crippen LogP contribution in [0.1, 0.15) is 278 Å². The van der Waals surface area contributed by atoms with Crippen molar-refractivity contribution in [1.82, 2.24) is 0 Å². The highest BCUT2D eigenvalue weighted by Crippen LogP contribution is 2.15. The molecule has 1 unspecified atom stereocenters. The summed E-state index contributed by atoms with van der Waals surface area (Å²) in [5.41, 5.74) is 0. The monoisotopic (exact) mass is 1090 g/mol. The average molecular weight is 1090 g/mol. The Kier molecular flexibility index (Phi) is 61.9.